The van der Waals surface area contributed by atoms with Crippen molar-refractivity contribution in [3.8, 4) is 0 Å². The minimum absolute atomic E-state index is 0.367. The molecule has 0 nitrogen and oxygen atoms in total. The van der Waals surface area contributed by atoms with Gasteiger partial charge in [0, 0.05) is 0 Å². The largest absolute Gasteiger partial charge is 0.0955 e. The molecule has 0 amide bonds. The van der Waals surface area contributed by atoms with Gasteiger partial charge < -0.3 is 0 Å². The Labute approximate surface area is 82.0 Å². The van der Waals surface area contributed by atoms with Crippen molar-refractivity contribution < 1.29 is 0 Å². The fraction of sp³-hybridized carbons (Fsp3) is 0.538. The molecule has 1 atom stereocenters. The average Bonchev–Trinajstić information content (AvgIpc) is 2.03. The maximum Gasteiger partial charge on any atom is -0.0141 e. The van der Waals surface area contributed by atoms with Crippen molar-refractivity contribution in [2.24, 2.45) is 11.3 Å². The Balaban J connectivity index is 2.85. The van der Waals surface area contributed by atoms with Crippen LogP contribution >= 0.6 is 0 Å². The van der Waals surface area contributed by atoms with E-state index in [1.807, 2.05) is 0 Å². The highest BCUT2D eigenvalue weighted by atomic mass is 14.3. The second-order valence-corrected chi connectivity index (χ2v) is 5.01. The molecule has 1 rings (SSSR count). The van der Waals surface area contributed by atoms with Crippen LogP contribution in [0.5, 0.6) is 0 Å². The van der Waals surface area contributed by atoms with E-state index in [9.17, 15) is 0 Å². The van der Waals surface area contributed by atoms with Crippen LogP contribution in [0.25, 0.3) is 0 Å². The second kappa shape index (κ2) is 3.53. The van der Waals surface area contributed by atoms with Crippen LogP contribution in [0, 0.1) is 11.3 Å². The van der Waals surface area contributed by atoms with Crippen LogP contribution in [-0.4, -0.2) is 0 Å². The highest BCUT2D eigenvalue weighted by Gasteiger charge is 2.23. The SMILES string of the molecule is C=C(C)C1=CC(C(C)(C)C)CC=C1. The lowest BCUT2D eigenvalue weighted by Crippen LogP contribution is -2.19. The zero-order valence-corrected chi connectivity index (χ0v) is 9.22. The Morgan fingerprint density at radius 2 is 2.08 bits per heavy atom. The van der Waals surface area contributed by atoms with Crippen LogP contribution < -0.4 is 0 Å². The molecule has 0 heteroatoms. The summed E-state index contributed by atoms with van der Waals surface area (Å²) in [4.78, 5) is 0. The van der Waals surface area contributed by atoms with E-state index in [1.54, 1.807) is 0 Å². The molecule has 0 saturated heterocycles. The molecule has 0 fully saturated rings. The molecule has 1 aliphatic rings. The smallest absolute Gasteiger partial charge is 0.0141 e. The van der Waals surface area contributed by atoms with Crippen LogP contribution in [-0.2, 0) is 0 Å². The molecule has 1 unspecified atom stereocenters. The summed E-state index contributed by atoms with van der Waals surface area (Å²) in [6.07, 6.45) is 7.98. The summed E-state index contributed by atoms with van der Waals surface area (Å²) in [6, 6.07) is 0. The van der Waals surface area contributed by atoms with Crippen molar-refractivity contribution in [2.45, 2.75) is 34.1 Å². The third kappa shape index (κ3) is 2.58. The fourth-order valence-electron chi connectivity index (χ4n) is 1.57. The average molecular weight is 176 g/mol. The van der Waals surface area contributed by atoms with Gasteiger partial charge in [0.05, 0.1) is 0 Å². The van der Waals surface area contributed by atoms with Gasteiger partial charge in [0.1, 0.15) is 0 Å². The lowest BCUT2D eigenvalue weighted by molar-refractivity contribution is 0.293. The van der Waals surface area contributed by atoms with Crippen LogP contribution in [0.1, 0.15) is 34.1 Å². The summed E-state index contributed by atoms with van der Waals surface area (Å²) in [5.41, 5.74) is 2.85. The summed E-state index contributed by atoms with van der Waals surface area (Å²) < 4.78 is 0. The van der Waals surface area contributed by atoms with Gasteiger partial charge in [-0.1, -0.05) is 51.2 Å². The molecule has 0 N–H and O–H groups in total. The van der Waals surface area contributed by atoms with Gasteiger partial charge >= 0.3 is 0 Å². The van der Waals surface area contributed by atoms with Crippen molar-refractivity contribution in [1.82, 2.24) is 0 Å². The van der Waals surface area contributed by atoms with E-state index < -0.39 is 0 Å². The van der Waals surface area contributed by atoms with Gasteiger partial charge in [-0.05, 0) is 30.3 Å². The topological polar surface area (TPSA) is 0 Å². The Bertz CT molecular complexity index is 258. The third-order valence-electron chi connectivity index (χ3n) is 2.67. The zero-order chi connectivity index (χ0) is 10.1. The lowest BCUT2D eigenvalue weighted by atomic mass is 9.75. The van der Waals surface area contributed by atoms with Crippen molar-refractivity contribution in [3.05, 3.63) is 36.0 Å². The normalized spacial score (nSPS) is 22.8. The first-order chi connectivity index (χ1) is 5.91. The predicted molar refractivity (Wildman–Crippen MR) is 59.6 cm³/mol. The Hall–Kier alpha value is -0.780. The molecular weight excluding hydrogens is 156 g/mol. The van der Waals surface area contributed by atoms with Crippen LogP contribution in [0.2, 0.25) is 0 Å². The molecule has 0 aromatic carbocycles. The minimum Gasteiger partial charge on any atom is -0.0955 e. The first-order valence-corrected chi connectivity index (χ1v) is 4.95. The Kier molecular flexibility index (Phi) is 2.80. The molecule has 0 spiro atoms. The molecule has 13 heavy (non-hydrogen) atoms. The number of rotatable bonds is 1. The maximum absolute atomic E-state index is 3.98. The lowest BCUT2D eigenvalue weighted by Gasteiger charge is -2.30. The fourth-order valence-corrected chi connectivity index (χ4v) is 1.57. The van der Waals surface area contributed by atoms with E-state index in [0.29, 0.717) is 11.3 Å². The molecule has 0 aliphatic heterocycles. The quantitative estimate of drug-likeness (QED) is 0.564. The summed E-state index contributed by atoms with van der Waals surface area (Å²) >= 11 is 0. The van der Waals surface area contributed by atoms with E-state index >= 15 is 0 Å². The minimum atomic E-state index is 0.367. The number of allylic oxidation sites excluding steroid dienone is 5. The van der Waals surface area contributed by atoms with E-state index in [2.05, 4.69) is 52.5 Å². The molecule has 0 heterocycles. The third-order valence-corrected chi connectivity index (χ3v) is 2.67. The first kappa shape index (κ1) is 10.3. The van der Waals surface area contributed by atoms with Crippen LogP contribution in [0.3, 0.4) is 0 Å². The van der Waals surface area contributed by atoms with E-state index in [0.717, 1.165) is 0 Å². The van der Waals surface area contributed by atoms with E-state index in [1.165, 1.54) is 17.6 Å². The molecule has 72 valence electrons. The second-order valence-electron chi connectivity index (χ2n) is 5.01. The summed E-state index contributed by atoms with van der Waals surface area (Å²) in [7, 11) is 0. The van der Waals surface area contributed by atoms with Gasteiger partial charge in [0.25, 0.3) is 0 Å². The monoisotopic (exact) mass is 176 g/mol. The summed E-state index contributed by atoms with van der Waals surface area (Å²) in [6.45, 7) is 12.9. The van der Waals surface area contributed by atoms with E-state index in [4.69, 9.17) is 0 Å². The van der Waals surface area contributed by atoms with Crippen molar-refractivity contribution in [1.29, 1.82) is 0 Å². The van der Waals surface area contributed by atoms with Gasteiger partial charge in [-0.25, -0.2) is 0 Å². The Morgan fingerprint density at radius 1 is 1.46 bits per heavy atom. The van der Waals surface area contributed by atoms with Gasteiger partial charge in [-0.15, -0.1) is 0 Å². The zero-order valence-electron chi connectivity index (χ0n) is 9.22. The molecule has 1 aliphatic carbocycles. The van der Waals surface area contributed by atoms with Crippen molar-refractivity contribution >= 4 is 0 Å². The summed E-state index contributed by atoms with van der Waals surface area (Å²) in [5, 5.41) is 0. The molecular formula is C13H20. The highest BCUT2D eigenvalue weighted by molar-refractivity contribution is 5.39. The molecule has 0 aromatic rings. The number of hydrogen-bond acceptors (Lipinski definition) is 0. The molecule has 0 saturated carbocycles. The Morgan fingerprint density at radius 3 is 2.54 bits per heavy atom. The van der Waals surface area contributed by atoms with E-state index in [-0.39, 0.29) is 0 Å². The van der Waals surface area contributed by atoms with Gasteiger partial charge in [0.15, 0.2) is 0 Å². The maximum atomic E-state index is 3.98. The van der Waals surface area contributed by atoms with Crippen LogP contribution in [0.4, 0.5) is 0 Å². The van der Waals surface area contributed by atoms with Crippen molar-refractivity contribution in [3.63, 3.8) is 0 Å². The van der Waals surface area contributed by atoms with Gasteiger partial charge in [-0.3, -0.25) is 0 Å². The summed E-state index contributed by atoms with van der Waals surface area (Å²) in [5.74, 6) is 0.657. The van der Waals surface area contributed by atoms with Crippen LogP contribution in [0.15, 0.2) is 36.0 Å². The first-order valence-electron chi connectivity index (χ1n) is 4.95. The standard InChI is InChI=1S/C13H20/c1-10(2)11-7-6-8-12(9-11)13(3,4)5/h6-7,9,12H,1,8H2,2-5H3. The number of hydrogen-bond donors (Lipinski definition) is 0. The van der Waals surface area contributed by atoms with Crippen molar-refractivity contribution in [2.75, 3.05) is 0 Å². The van der Waals surface area contributed by atoms with Gasteiger partial charge in [-0.2, -0.15) is 0 Å². The molecule has 0 bridgehead atoms. The predicted octanol–water partition coefficient (Wildman–Crippen LogP) is 4.11. The molecule has 0 radical (unpaired) electrons. The highest BCUT2D eigenvalue weighted by Crippen LogP contribution is 2.34. The molecule has 0 aromatic heterocycles. The van der Waals surface area contributed by atoms with Gasteiger partial charge in [0.2, 0.25) is 0 Å².